The summed E-state index contributed by atoms with van der Waals surface area (Å²) in [7, 11) is 0. The van der Waals surface area contributed by atoms with Gasteiger partial charge in [-0.05, 0) is 71.7 Å². The van der Waals surface area contributed by atoms with E-state index in [2.05, 4.69) is 162 Å². The summed E-state index contributed by atoms with van der Waals surface area (Å²) in [5.74, 6) is 0. The van der Waals surface area contributed by atoms with Crippen LogP contribution in [-0.4, -0.2) is 4.57 Å². The van der Waals surface area contributed by atoms with Gasteiger partial charge in [-0.3, -0.25) is 0 Å². The van der Waals surface area contributed by atoms with Crippen LogP contribution >= 0.6 is 0 Å². The van der Waals surface area contributed by atoms with E-state index in [0.717, 1.165) is 29.2 Å². The van der Waals surface area contributed by atoms with Crippen LogP contribution < -0.4 is 4.90 Å². The van der Waals surface area contributed by atoms with Crippen LogP contribution in [0.25, 0.3) is 38.6 Å². The van der Waals surface area contributed by atoms with Crippen molar-refractivity contribution in [3.8, 4) is 16.8 Å². The zero-order chi connectivity index (χ0) is 26.2. The molecule has 5 aromatic carbocycles. The van der Waals surface area contributed by atoms with Gasteiger partial charge < -0.3 is 9.47 Å². The molecule has 0 spiro atoms. The first-order valence-corrected chi connectivity index (χ1v) is 13.4. The van der Waals surface area contributed by atoms with Gasteiger partial charge in [0, 0.05) is 33.5 Å². The molecule has 0 radical (unpaired) electrons. The first-order chi connectivity index (χ1) is 19.3. The van der Waals surface area contributed by atoms with Gasteiger partial charge in [0.2, 0.25) is 0 Å². The topological polar surface area (TPSA) is 8.17 Å². The van der Waals surface area contributed by atoms with Crippen LogP contribution in [0.1, 0.15) is 5.56 Å². The molecular formula is C37H28N2. The van der Waals surface area contributed by atoms with Gasteiger partial charge in [-0.25, -0.2) is 0 Å². The summed E-state index contributed by atoms with van der Waals surface area (Å²) in [4.78, 5) is 2.26. The van der Waals surface area contributed by atoms with E-state index in [1.165, 1.54) is 38.5 Å². The fourth-order valence-electron chi connectivity index (χ4n) is 5.73. The molecule has 1 aliphatic heterocycles. The molecule has 0 N–H and O–H groups in total. The second kappa shape index (κ2) is 9.66. The Hall–Kier alpha value is -5.08. The van der Waals surface area contributed by atoms with E-state index in [1.54, 1.807) is 0 Å². The average Bonchev–Trinajstić information content (AvgIpc) is 3.35. The standard InChI is InChI=1S/C37H28N2/c1-27-13-3-2-4-14-28-15-5-8-22-35(28)38(27)31-18-11-16-29(25-31)30-17-12-19-32(26-30)39-36-23-9-6-20-33(36)34-21-7-10-24-37(34)39/h2-13,15-26H,1,14H2/b4-2-,13-3-. The highest BCUT2D eigenvalue weighted by Gasteiger charge is 2.17. The predicted molar refractivity (Wildman–Crippen MR) is 166 cm³/mol. The molecule has 2 heterocycles. The van der Waals surface area contributed by atoms with Crippen molar-refractivity contribution in [2.24, 2.45) is 0 Å². The van der Waals surface area contributed by atoms with Crippen molar-refractivity contribution in [1.29, 1.82) is 0 Å². The maximum Gasteiger partial charge on any atom is 0.0541 e. The fourth-order valence-corrected chi connectivity index (χ4v) is 5.73. The normalized spacial score (nSPS) is 15.0. The van der Waals surface area contributed by atoms with E-state index >= 15 is 0 Å². The highest BCUT2D eigenvalue weighted by Crippen LogP contribution is 2.37. The Bertz CT molecular complexity index is 1860. The molecule has 0 aliphatic carbocycles. The second-order valence-electron chi connectivity index (χ2n) is 9.92. The van der Waals surface area contributed by atoms with Crippen molar-refractivity contribution in [2.75, 3.05) is 4.90 Å². The average molecular weight is 501 g/mol. The molecular weight excluding hydrogens is 472 g/mol. The highest BCUT2D eigenvalue weighted by molar-refractivity contribution is 6.09. The van der Waals surface area contributed by atoms with Crippen molar-refractivity contribution in [3.05, 3.63) is 163 Å². The van der Waals surface area contributed by atoms with Crippen molar-refractivity contribution < 1.29 is 0 Å². The Kier molecular flexibility index (Phi) is 5.71. The summed E-state index contributed by atoms with van der Waals surface area (Å²) >= 11 is 0. The lowest BCUT2D eigenvalue weighted by Gasteiger charge is -2.28. The van der Waals surface area contributed by atoms with Gasteiger partial charge in [-0.2, -0.15) is 0 Å². The smallest absolute Gasteiger partial charge is 0.0541 e. The molecule has 1 aromatic heterocycles. The quantitative estimate of drug-likeness (QED) is 0.235. The molecule has 39 heavy (non-hydrogen) atoms. The number of aromatic nitrogens is 1. The first kappa shape index (κ1) is 23.1. The van der Waals surface area contributed by atoms with E-state index in [0.29, 0.717) is 0 Å². The minimum Gasteiger partial charge on any atom is -0.311 e. The Morgan fingerprint density at radius 1 is 0.564 bits per heavy atom. The van der Waals surface area contributed by atoms with Crippen LogP contribution in [0.4, 0.5) is 11.4 Å². The molecule has 1 aliphatic rings. The van der Waals surface area contributed by atoms with Crippen LogP contribution in [0.2, 0.25) is 0 Å². The Balaban J connectivity index is 1.35. The van der Waals surface area contributed by atoms with Crippen molar-refractivity contribution in [3.63, 3.8) is 0 Å². The molecule has 2 heteroatoms. The van der Waals surface area contributed by atoms with E-state index in [4.69, 9.17) is 0 Å². The zero-order valence-corrected chi connectivity index (χ0v) is 21.7. The SMILES string of the molecule is C=C1/C=C\C=C/Cc2ccccc2N1c1cccc(-c2cccc(-n3c4ccccc4c4ccccc43)c2)c1. The largest absolute Gasteiger partial charge is 0.311 e. The summed E-state index contributed by atoms with van der Waals surface area (Å²) in [6.45, 7) is 4.42. The lowest BCUT2D eigenvalue weighted by molar-refractivity contribution is 1.16. The molecule has 0 saturated carbocycles. The van der Waals surface area contributed by atoms with E-state index in [9.17, 15) is 0 Å². The van der Waals surface area contributed by atoms with Gasteiger partial charge >= 0.3 is 0 Å². The number of anilines is 2. The summed E-state index contributed by atoms with van der Waals surface area (Å²) in [6.07, 6.45) is 9.32. The Morgan fingerprint density at radius 2 is 1.18 bits per heavy atom. The van der Waals surface area contributed by atoms with Crippen LogP contribution in [-0.2, 0) is 6.42 Å². The number of para-hydroxylation sites is 3. The molecule has 0 atom stereocenters. The molecule has 186 valence electrons. The third-order valence-electron chi connectivity index (χ3n) is 7.52. The fraction of sp³-hybridized carbons (Fsp3) is 0.0270. The van der Waals surface area contributed by atoms with E-state index in [-0.39, 0.29) is 0 Å². The van der Waals surface area contributed by atoms with Gasteiger partial charge in [0.25, 0.3) is 0 Å². The molecule has 6 aromatic rings. The van der Waals surface area contributed by atoms with Crippen LogP contribution in [0.5, 0.6) is 0 Å². The maximum absolute atomic E-state index is 4.42. The van der Waals surface area contributed by atoms with Crippen LogP contribution in [0, 0.1) is 0 Å². The molecule has 0 amide bonds. The van der Waals surface area contributed by atoms with Crippen molar-refractivity contribution >= 4 is 33.2 Å². The lowest BCUT2D eigenvalue weighted by atomic mass is 10.0. The molecule has 2 nitrogen and oxygen atoms in total. The van der Waals surface area contributed by atoms with Gasteiger partial charge in [0.05, 0.1) is 11.0 Å². The second-order valence-corrected chi connectivity index (χ2v) is 9.92. The van der Waals surface area contributed by atoms with E-state index in [1.807, 2.05) is 0 Å². The highest BCUT2D eigenvalue weighted by atomic mass is 15.1. The number of nitrogens with zero attached hydrogens (tertiary/aromatic N) is 2. The summed E-state index contributed by atoms with van der Waals surface area (Å²) < 4.78 is 2.37. The monoisotopic (exact) mass is 500 g/mol. The van der Waals surface area contributed by atoms with Gasteiger partial charge in [0.1, 0.15) is 0 Å². The van der Waals surface area contributed by atoms with Gasteiger partial charge in [-0.1, -0.05) is 104 Å². The molecule has 7 rings (SSSR count). The predicted octanol–water partition coefficient (Wildman–Crippen LogP) is 9.77. The number of hydrogen-bond donors (Lipinski definition) is 0. The number of allylic oxidation sites excluding steroid dienone is 4. The molecule has 0 fully saturated rings. The summed E-state index contributed by atoms with van der Waals surface area (Å²) in [5, 5.41) is 2.54. The number of hydrogen-bond acceptors (Lipinski definition) is 1. The molecule has 0 bridgehead atoms. The molecule has 0 saturated heterocycles. The van der Waals surface area contributed by atoms with Crippen LogP contribution in [0.15, 0.2) is 158 Å². The Labute approximate surface area is 229 Å². The number of rotatable bonds is 3. The summed E-state index contributed by atoms with van der Waals surface area (Å²) in [5.41, 5.74) is 10.4. The summed E-state index contributed by atoms with van der Waals surface area (Å²) in [6, 6.07) is 43.5. The maximum atomic E-state index is 4.42. The van der Waals surface area contributed by atoms with E-state index < -0.39 is 0 Å². The van der Waals surface area contributed by atoms with Gasteiger partial charge in [0.15, 0.2) is 0 Å². The minimum atomic E-state index is 0.880. The minimum absolute atomic E-state index is 0.880. The third kappa shape index (κ3) is 4.07. The lowest BCUT2D eigenvalue weighted by Crippen LogP contribution is -2.16. The van der Waals surface area contributed by atoms with Crippen molar-refractivity contribution in [1.82, 2.24) is 4.57 Å². The zero-order valence-electron chi connectivity index (χ0n) is 21.7. The van der Waals surface area contributed by atoms with Crippen molar-refractivity contribution in [2.45, 2.75) is 6.42 Å². The first-order valence-electron chi connectivity index (χ1n) is 13.4. The number of fused-ring (bicyclic) bond motifs is 4. The van der Waals surface area contributed by atoms with Gasteiger partial charge in [-0.15, -0.1) is 0 Å². The third-order valence-corrected chi connectivity index (χ3v) is 7.52. The Morgan fingerprint density at radius 3 is 1.92 bits per heavy atom. The molecule has 0 unspecified atom stereocenters. The van der Waals surface area contributed by atoms with Crippen LogP contribution in [0.3, 0.4) is 0 Å². The number of benzene rings is 5.